The molecule has 0 aromatic heterocycles. The molecule has 0 aromatic carbocycles. The number of hydrogen-bond donors (Lipinski definition) is 1. The van der Waals surface area contributed by atoms with E-state index >= 15 is 0 Å². The van der Waals surface area contributed by atoms with Crippen LogP contribution in [0.1, 0.15) is 51.9 Å². The Kier molecular flexibility index (Phi) is 5.38. The summed E-state index contributed by atoms with van der Waals surface area (Å²) in [6.07, 6.45) is 12.2. The van der Waals surface area contributed by atoms with Crippen molar-refractivity contribution < 1.29 is 9.90 Å². The summed E-state index contributed by atoms with van der Waals surface area (Å²) in [6.45, 7) is 2.20. The van der Waals surface area contributed by atoms with Crippen molar-refractivity contribution in [1.29, 1.82) is 0 Å². The van der Waals surface area contributed by atoms with Gasteiger partial charge in [0.15, 0.2) is 0 Å². The zero-order valence-corrected chi connectivity index (χ0v) is 10.1. The van der Waals surface area contributed by atoms with E-state index in [0.717, 1.165) is 44.4 Å². The first-order valence-electron chi connectivity index (χ1n) is 6.35. The first-order valence-corrected chi connectivity index (χ1v) is 6.35. The highest BCUT2D eigenvalue weighted by molar-refractivity contribution is 5.70. The van der Waals surface area contributed by atoms with Crippen LogP contribution in [0.2, 0.25) is 0 Å². The van der Waals surface area contributed by atoms with E-state index in [-0.39, 0.29) is 5.92 Å². The van der Waals surface area contributed by atoms with E-state index < -0.39 is 5.97 Å². The molecule has 90 valence electrons. The summed E-state index contributed by atoms with van der Waals surface area (Å²) in [7, 11) is 0. The second-order valence-corrected chi connectivity index (χ2v) is 4.89. The quantitative estimate of drug-likeness (QED) is 0.572. The number of carboxylic acids is 1. The van der Waals surface area contributed by atoms with Crippen LogP contribution in [0, 0.1) is 30.1 Å². The topological polar surface area (TPSA) is 37.3 Å². The molecule has 0 heterocycles. The maximum absolute atomic E-state index is 11.2. The van der Waals surface area contributed by atoms with Crippen LogP contribution in [0.5, 0.6) is 0 Å². The summed E-state index contributed by atoms with van der Waals surface area (Å²) in [5.41, 5.74) is 0. The fourth-order valence-electron chi connectivity index (χ4n) is 2.84. The molecule has 0 amide bonds. The number of rotatable bonds is 5. The van der Waals surface area contributed by atoms with Crippen molar-refractivity contribution in [2.24, 2.45) is 17.8 Å². The first-order chi connectivity index (χ1) is 7.69. The van der Waals surface area contributed by atoms with Gasteiger partial charge in [-0.15, -0.1) is 12.3 Å². The van der Waals surface area contributed by atoms with Crippen molar-refractivity contribution >= 4 is 5.97 Å². The molecule has 0 aliphatic heterocycles. The van der Waals surface area contributed by atoms with Crippen LogP contribution in [0.25, 0.3) is 0 Å². The molecule has 3 unspecified atom stereocenters. The van der Waals surface area contributed by atoms with Crippen LogP contribution in [0.3, 0.4) is 0 Å². The van der Waals surface area contributed by atoms with E-state index in [1.807, 2.05) is 0 Å². The summed E-state index contributed by atoms with van der Waals surface area (Å²) in [5.74, 6) is 2.97. The van der Waals surface area contributed by atoms with Gasteiger partial charge in [-0.05, 0) is 43.9 Å². The molecule has 0 bridgehead atoms. The number of terminal acetylenes is 1. The van der Waals surface area contributed by atoms with Crippen LogP contribution < -0.4 is 0 Å². The molecule has 1 saturated carbocycles. The Labute approximate surface area is 98.4 Å². The number of carboxylic acid groups (broad SMARTS) is 1. The van der Waals surface area contributed by atoms with Gasteiger partial charge < -0.3 is 5.11 Å². The van der Waals surface area contributed by atoms with Gasteiger partial charge >= 0.3 is 5.97 Å². The van der Waals surface area contributed by atoms with Crippen molar-refractivity contribution in [3.63, 3.8) is 0 Å². The summed E-state index contributed by atoms with van der Waals surface area (Å²) >= 11 is 0. The highest BCUT2D eigenvalue weighted by Crippen LogP contribution is 2.38. The molecule has 0 spiro atoms. The fourth-order valence-corrected chi connectivity index (χ4v) is 2.84. The van der Waals surface area contributed by atoms with Crippen LogP contribution in [-0.4, -0.2) is 11.1 Å². The third-order valence-electron chi connectivity index (χ3n) is 3.88. The predicted molar refractivity (Wildman–Crippen MR) is 64.9 cm³/mol. The highest BCUT2D eigenvalue weighted by Gasteiger charge is 2.33. The highest BCUT2D eigenvalue weighted by atomic mass is 16.4. The van der Waals surface area contributed by atoms with Crippen LogP contribution >= 0.6 is 0 Å². The van der Waals surface area contributed by atoms with Gasteiger partial charge in [-0.2, -0.15) is 0 Å². The molecule has 0 saturated heterocycles. The van der Waals surface area contributed by atoms with Crippen molar-refractivity contribution in [3.05, 3.63) is 0 Å². The van der Waals surface area contributed by atoms with Gasteiger partial charge in [0.05, 0.1) is 5.92 Å². The molecule has 1 rings (SSSR count). The Morgan fingerprint density at radius 3 is 2.81 bits per heavy atom. The van der Waals surface area contributed by atoms with Crippen molar-refractivity contribution in [3.8, 4) is 12.3 Å². The minimum absolute atomic E-state index is 0.124. The van der Waals surface area contributed by atoms with E-state index in [2.05, 4.69) is 12.8 Å². The maximum atomic E-state index is 11.2. The van der Waals surface area contributed by atoms with Gasteiger partial charge in [-0.3, -0.25) is 4.79 Å². The second-order valence-electron chi connectivity index (χ2n) is 4.89. The fraction of sp³-hybridized carbons (Fsp3) is 0.786. The van der Waals surface area contributed by atoms with Gasteiger partial charge in [0.2, 0.25) is 0 Å². The molecule has 1 N–H and O–H groups in total. The summed E-state index contributed by atoms with van der Waals surface area (Å²) in [4.78, 5) is 11.2. The Bertz CT molecular complexity index is 264. The standard InChI is InChI=1S/C14H22O2/c1-3-5-6-7-12-10-11(4-2)8-9-13(12)14(15)16/h1,11-13H,4-10H2,2H3,(H,15,16). The van der Waals surface area contributed by atoms with E-state index in [0.29, 0.717) is 5.92 Å². The lowest BCUT2D eigenvalue weighted by atomic mass is 9.71. The molecule has 1 aliphatic carbocycles. The lowest BCUT2D eigenvalue weighted by Gasteiger charge is -2.33. The minimum Gasteiger partial charge on any atom is -0.481 e. The third-order valence-corrected chi connectivity index (χ3v) is 3.88. The number of aliphatic carboxylic acids is 1. The van der Waals surface area contributed by atoms with Crippen LogP contribution in [-0.2, 0) is 4.79 Å². The lowest BCUT2D eigenvalue weighted by Crippen LogP contribution is -2.30. The van der Waals surface area contributed by atoms with Gasteiger partial charge in [-0.25, -0.2) is 0 Å². The van der Waals surface area contributed by atoms with E-state index in [1.54, 1.807) is 0 Å². The molecule has 2 nitrogen and oxygen atoms in total. The molecule has 1 fully saturated rings. The average molecular weight is 222 g/mol. The molecule has 16 heavy (non-hydrogen) atoms. The molecule has 0 radical (unpaired) electrons. The number of unbranched alkanes of at least 4 members (excludes halogenated alkanes) is 1. The third kappa shape index (κ3) is 3.56. The molecule has 3 atom stereocenters. The van der Waals surface area contributed by atoms with E-state index in [1.165, 1.54) is 6.42 Å². The molecule has 2 heteroatoms. The molecule has 0 aromatic rings. The SMILES string of the molecule is C#CCCCC1CC(CC)CCC1C(=O)O. The van der Waals surface area contributed by atoms with Crippen LogP contribution in [0.4, 0.5) is 0 Å². The minimum atomic E-state index is -0.611. The Morgan fingerprint density at radius 1 is 1.50 bits per heavy atom. The first kappa shape index (κ1) is 13.1. The lowest BCUT2D eigenvalue weighted by molar-refractivity contribution is -0.145. The molecular weight excluding hydrogens is 200 g/mol. The zero-order chi connectivity index (χ0) is 12.0. The van der Waals surface area contributed by atoms with Crippen molar-refractivity contribution in [2.75, 3.05) is 0 Å². The average Bonchev–Trinajstić information content (AvgIpc) is 2.29. The summed E-state index contributed by atoms with van der Waals surface area (Å²) in [6, 6.07) is 0. The van der Waals surface area contributed by atoms with Crippen LogP contribution in [0.15, 0.2) is 0 Å². The largest absolute Gasteiger partial charge is 0.481 e. The summed E-state index contributed by atoms with van der Waals surface area (Å²) in [5, 5.41) is 9.18. The molecular formula is C14H22O2. The molecule has 1 aliphatic rings. The van der Waals surface area contributed by atoms with E-state index in [4.69, 9.17) is 6.42 Å². The van der Waals surface area contributed by atoms with Gasteiger partial charge in [0.25, 0.3) is 0 Å². The van der Waals surface area contributed by atoms with Crippen molar-refractivity contribution in [1.82, 2.24) is 0 Å². The van der Waals surface area contributed by atoms with E-state index in [9.17, 15) is 9.90 Å². The normalized spacial score (nSPS) is 29.6. The number of carbonyl (C=O) groups is 1. The van der Waals surface area contributed by atoms with Gasteiger partial charge in [0.1, 0.15) is 0 Å². The zero-order valence-electron chi connectivity index (χ0n) is 10.1. The smallest absolute Gasteiger partial charge is 0.306 e. The summed E-state index contributed by atoms with van der Waals surface area (Å²) < 4.78 is 0. The predicted octanol–water partition coefficient (Wildman–Crippen LogP) is 3.32. The van der Waals surface area contributed by atoms with Crippen molar-refractivity contribution in [2.45, 2.75) is 51.9 Å². The Balaban J connectivity index is 2.50. The maximum Gasteiger partial charge on any atom is 0.306 e. The van der Waals surface area contributed by atoms with Gasteiger partial charge in [-0.1, -0.05) is 13.3 Å². The Morgan fingerprint density at radius 2 is 2.25 bits per heavy atom. The Hall–Kier alpha value is -0.970. The number of hydrogen-bond acceptors (Lipinski definition) is 1. The monoisotopic (exact) mass is 222 g/mol. The van der Waals surface area contributed by atoms with Gasteiger partial charge in [0, 0.05) is 6.42 Å². The second kappa shape index (κ2) is 6.58.